The molecule has 1 unspecified atom stereocenters. The van der Waals surface area contributed by atoms with E-state index in [1.54, 1.807) is 0 Å². The van der Waals surface area contributed by atoms with Crippen molar-refractivity contribution in [3.63, 3.8) is 0 Å². The molecular formula is C17H39NSi2. The van der Waals surface area contributed by atoms with E-state index in [-0.39, 0.29) is 0 Å². The maximum absolute atomic E-state index is 4.04. The Labute approximate surface area is 130 Å². The Kier molecular flexibility index (Phi) is 9.27. The first-order chi connectivity index (χ1) is 9.32. The lowest BCUT2D eigenvalue weighted by atomic mass is 10.2. The second-order valence-corrected chi connectivity index (χ2v) is 17.1. The van der Waals surface area contributed by atoms with E-state index in [9.17, 15) is 0 Å². The predicted molar refractivity (Wildman–Crippen MR) is 101 cm³/mol. The van der Waals surface area contributed by atoms with E-state index in [1.165, 1.54) is 43.6 Å². The van der Waals surface area contributed by atoms with Gasteiger partial charge in [-0.15, -0.1) is 12.3 Å². The summed E-state index contributed by atoms with van der Waals surface area (Å²) in [7, 11) is -2.34. The lowest BCUT2D eigenvalue weighted by molar-refractivity contribution is 0.318. The molecule has 1 nitrogen and oxygen atoms in total. The summed E-state index contributed by atoms with van der Waals surface area (Å²) in [5.41, 5.74) is 2.25. The van der Waals surface area contributed by atoms with Gasteiger partial charge in [-0.2, -0.15) is 0 Å². The van der Waals surface area contributed by atoms with Crippen LogP contribution in [-0.4, -0.2) is 33.5 Å². The highest BCUT2D eigenvalue weighted by atomic mass is 28.3. The molecule has 0 spiro atoms. The largest absolute Gasteiger partial charge is 0.321 e. The predicted octanol–water partition coefficient (Wildman–Crippen LogP) is 5.92. The zero-order chi connectivity index (χ0) is 15.8. The first-order valence-electron chi connectivity index (χ1n) is 8.72. The summed E-state index contributed by atoms with van der Waals surface area (Å²) in [5.74, 6) is 0. The van der Waals surface area contributed by atoms with Crippen molar-refractivity contribution in [1.82, 2.24) is 4.57 Å². The third-order valence-electron chi connectivity index (χ3n) is 5.48. The highest BCUT2D eigenvalue weighted by Crippen LogP contribution is 2.29. The molecule has 0 aliphatic heterocycles. The summed E-state index contributed by atoms with van der Waals surface area (Å²) in [6.45, 7) is 22.3. The molecule has 0 saturated carbocycles. The van der Waals surface area contributed by atoms with Crippen LogP contribution in [0.4, 0.5) is 0 Å². The molecule has 0 fully saturated rings. The lowest BCUT2D eigenvalue weighted by Crippen LogP contribution is -2.56. The van der Waals surface area contributed by atoms with Gasteiger partial charge in [-0.3, -0.25) is 0 Å². The molecule has 0 heterocycles. The average molecular weight is 314 g/mol. The quantitative estimate of drug-likeness (QED) is 0.428. The minimum Gasteiger partial charge on any atom is -0.321 e. The molecule has 1 atom stereocenters. The molecule has 0 aromatic heterocycles. The first-order valence-corrected chi connectivity index (χ1v) is 14.6. The van der Waals surface area contributed by atoms with Gasteiger partial charge in [-0.25, -0.2) is 0 Å². The van der Waals surface area contributed by atoms with Crippen molar-refractivity contribution in [3.05, 3.63) is 12.3 Å². The fraction of sp³-hybridized carbons (Fsp3) is 0.882. The molecule has 3 heteroatoms. The van der Waals surface area contributed by atoms with Crippen molar-refractivity contribution in [2.24, 2.45) is 0 Å². The van der Waals surface area contributed by atoms with E-state index in [4.69, 9.17) is 0 Å². The van der Waals surface area contributed by atoms with Gasteiger partial charge in [0.05, 0.1) is 8.07 Å². The van der Waals surface area contributed by atoms with Crippen LogP contribution in [0.5, 0.6) is 0 Å². The van der Waals surface area contributed by atoms with Crippen molar-refractivity contribution in [2.75, 3.05) is 6.54 Å². The van der Waals surface area contributed by atoms with Crippen molar-refractivity contribution >= 4 is 16.3 Å². The normalized spacial score (nSPS) is 14.6. The second-order valence-electron chi connectivity index (χ2n) is 7.03. The summed E-state index contributed by atoms with van der Waals surface area (Å²) in [4.78, 5) is 0. The third kappa shape index (κ3) is 5.49. The molecule has 0 N–H and O–H groups in total. The minimum absolute atomic E-state index is 0.759. The molecule has 0 aliphatic rings. The highest BCUT2D eigenvalue weighted by Gasteiger charge is 2.36. The third-order valence-corrected chi connectivity index (χ3v) is 14.1. The molecule has 20 heavy (non-hydrogen) atoms. The number of nitrogens with zero attached hydrogens (tertiary/aromatic N) is 1. The smallest absolute Gasteiger partial charge is 0.127 e. The maximum atomic E-state index is 4.04. The van der Waals surface area contributed by atoms with Gasteiger partial charge in [0.25, 0.3) is 0 Å². The van der Waals surface area contributed by atoms with Crippen LogP contribution in [0.1, 0.15) is 47.5 Å². The Hall–Kier alpha value is 0.134. The van der Waals surface area contributed by atoms with E-state index in [0.29, 0.717) is 0 Å². The van der Waals surface area contributed by atoms with Crippen LogP contribution < -0.4 is 0 Å². The molecule has 0 amide bonds. The van der Waals surface area contributed by atoms with E-state index < -0.39 is 16.3 Å². The molecule has 0 radical (unpaired) electrons. The molecule has 0 rings (SSSR count). The number of rotatable bonds is 11. The second kappa shape index (κ2) is 9.21. The summed E-state index contributed by atoms with van der Waals surface area (Å²) < 4.78 is 2.96. The van der Waals surface area contributed by atoms with Gasteiger partial charge >= 0.3 is 0 Å². The summed E-state index contributed by atoms with van der Waals surface area (Å²) in [6, 6.07) is 6.38. The summed E-state index contributed by atoms with van der Waals surface area (Å²) in [5, 5.41) is 0. The van der Waals surface area contributed by atoms with Crippen LogP contribution in [0.3, 0.4) is 0 Å². The Balaban J connectivity index is 4.86. The molecule has 0 saturated heterocycles. The van der Waals surface area contributed by atoms with Gasteiger partial charge in [-0.1, -0.05) is 53.8 Å². The molecule has 0 aromatic carbocycles. The zero-order valence-electron chi connectivity index (χ0n) is 15.3. The average Bonchev–Trinajstić information content (AvgIpc) is 2.46. The van der Waals surface area contributed by atoms with Crippen LogP contribution >= 0.6 is 0 Å². The van der Waals surface area contributed by atoms with E-state index in [0.717, 1.165) is 6.04 Å². The van der Waals surface area contributed by atoms with E-state index >= 15 is 0 Å². The fourth-order valence-corrected chi connectivity index (χ4v) is 9.05. The molecule has 0 bridgehead atoms. The minimum atomic E-state index is -1.21. The van der Waals surface area contributed by atoms with Gasteiger partial charge in [0.15, 0.2) is 0 Å². The Morgan fingerprint density at radius 1 is 1.05 bits per heavy atom. The fourth-order valence-electron chi connectivity index (χ4n) is 3.31. The van der Waals surface area contributed by atoms with Crippen molar-refractivity contribution in [2.45, 2.75) is 90.8 Å². The van der Waals surface area contributed by atoms with Gasteiger partial charge in [-0.05, 0) is 37.5 Å². The van der Waals surface area contributed by atoms with Gasteiger partial charge < -0.3 is 4.57 Å². The van der Waals surface area contributed by atoms with E-state index in [2.05, 4.69) is 64.6 Å². The van der Waals surface area contributed by atoms with Crippen LogP contribution in [-0.2, 0) is 0 Å². The van der Waals surface area contributed by atoms with Crippen molar-refractivity contribution in [1.29, 1.82) is 0 Å². The maximum Gasteiger partial charge on any atom is 0.127 e. The van der Waals surface area contributed by atoms with Gasteiger partial charge in [0.1, 0.15) is 8.24 Å². The van der Waals surface area contributed by atoms with E-state index in [1.807, 2.05) is 0 Å². The Morgan fingerprint density at radius 3 is 1.90 bits per heavy atom. The molecule has 0 aliphatic carbocycles. The van der Waals surface area contributed by atoms with Gasteiger partial charge in [0, 0.05) is 6.04 Å². The molecular weight excluding hydrogens is 274 g/mol. The summed E-state index contributed by atoms with van der Waals surface area (Å²) in [6.07, 6.45) is 2.65. The Bertz CT molecular complexity index is 264. The zero-order valence-corrected chi connectivity index (χ0v) is 17.3. The highest BCUT2D eigenvalue weighted by molar-refractivity contribution is 6.82. The standard InChI is InChI=1S/C17H39NSi2/c1-9-17(6)18(20(11-3,12-4)13-5)15-14-16-19(7,8)10-2/h10,17H,2,9,11-16H2,1,3-8H3. The van der Waals surface area contributed by atoms with Crippen molar-refractivity contribution < 1.29 is 0 Å². The van der Waals surface area contributed by atoms with Crippen LogP contribution in [0.2, 0.25) is 37.3 Å². The number of hydrogen-bond donors (Lipinski definition) is 0. The number of hydrogen-bond acceptors (Lipinski definition) is 1. The van der Waals surface area contributed by atoms with Crippen molar-refractivity contribution in [3.8, 4) is 0 Å². The van der Waals surface area contributed by atoms with Gasteiger partial charge in [0.2, 0.25) is 0 Å². The van der Waals surface area contributed by atoms with Crippen LogP contribution in [0.25, 0.3) is 0 Å². The SMILES string of the molecule is C=C[Si](C)(C)CCCN(C(C)CC)[Si](CC)(CC)CC. The summed E-state index contributed by atoms with van der Waals surface area (Å²) >= 11 is 0. The lowest BCUT2D eigenvalue weighted by Gasteiger charge is -2.45. The van der Waals surface area contributed by atoms with Crippen LogP contribution in [0, 0.1) is 0 Å². The Morgan fingerprint density at radius 2 is 1.55 bits per heavy atom. The monoisotopic (exact) mass is 313 g/mol. The molecule has 0 aromatic rings. The van der Waals surface area contributed by atoms with Crippen LogP contribution in [0.15, 0.2) is 12.3 Å². The first kappa shape index (κ1) is 20.1. The molecule has 120 valence electrons. The topological polar surface area (TPSA) is 3.24 Å².